The summed E-state index contributed by atoms with van der Waals surface area (Å²) in [6, 6.07) is 13.1. The quantitative estimate of drug-likeness (QED) is 0.322. The molecule has 1 fully saturated rings. The number of amides is 2. The summed E-state index contributed by atoms with van der Waals surface area (Å²) in [4.78, 5) is 44.9. The average molecular weight is 461 g/mol. The van der Waals surface area contributed by atoms with Gasteiger partial charge in [0.15, 0.2) is 0 Å². The number of carbonyl (C=O) groups is 2. The molecule has 34 heavy (non-hydrogen) atoms. The molecular weight excluding hydrogens is 432 g/mol. The van der Waals surface area contributed by atoms with Gasteiger partial charge in [0, 0.05) is 41.7 Å². The number of benzene rings is 2. The highest BCUT2D eigenvalue weighted by Crippen LogP contribution is 2.43. The molecule has 0 bridgehead atoms. The molecule has 0 spiro atoms. The first-order valence-electron chi connectivity index (χ1n) is 11.9. The third-order valence-corrected chi connectivity index (χ3v) is 7.02. The molecule has 2 amide bonds. The van der Waals surface area contributed by atoms with Crippen LogP contribution in [-0.4, -0.2) is 50.7 Å². The molecule has 2 aliphatic rings. The Labute approximate surface area is 197 Å². The third kappa shape index (κ3) is 3.73. The Hall–Kier alpha value is -3.68. The van der Waals surface area contributed by atoms with Gasteiger partial charge >= 0.3 is 0 Å². The fourth-order valence-electron chi connectivity index (χ4n) is 5.40. The van der Waals surface area contributed by atoms with E-state index in [9.17, 15) is 19.7 Å². The van der Waals surface area contributed by atoms with E-state index in [1.165, 1.54) is 12.1 Å². The second-order valence-corrected chi connectivity index (χ2v) is 9.16. The number of para-hydroxylation sites is 1. The van der Waals surface area contributed by atoms with Gasteiger partial charge < -0.3 is 14.8 Å². The van der Waals surface area contributed by atoms with Crippen LogP contribution >= 0.6 is 0 Å². The highest BCUT2D eigenvalue weighted by Gasteiger charge is 2.48. The topological polar surface area (TPSA) is 99.5 Å². The van der Waals surface area contributed by atoms with Gasteiger partial charge in [0.05, 0.1) is 17.5 Å². The summed E-state index contributed by atoms with van der Waals surface area (Å²) < 4.78 is 0. The number of nitrogens with one attached hydrogen (secondary N) is 1. The summed E-state index contributed by atoms with van der Waals surface area (Å²) in [7, 11) is 0. The average Bonchev–Trinajstić information content (AvgIpc) is 3.22. The Morgan fingerprint density at radius 3 is 2.71 bits per heavy atom. The van der Waals surface area contributed by atoms with Crippen molar-refractivity contribution in [3.05, 3.63) is 75.5 Å². The fourth-order valence-corrected chi connectivity index (χ4v) is 5.40. The Bertz CT molecular complexity index is 1270. The van der Waals surface area contributed by atoms with Crippen LogP contribution in [0.3, 0.4) is 0 Å². The number of aromatic amines is 1. The van der Waals surface area contributed by atoms with Crippen LogP contribution in [0.2, 0.25) is 0 Å². The van der Waals surface area contributed by atoms with Gasteiger partial charge in [-0.3, -0.25) is 19.7 Å². The van der Waals surface area contributed by atoms with Crippen LogP contribution in [0.5, 0.6) is 0 Å². The standard InChI is InChI=1S/C26H28N4O4/c1-2-3-4-7-13-28-16-23(31)29-22(26(28)32)15-20-19-11-5-6-12-21(19)27-24(20)25(29)17-9-8-10-18(14-17)30(33)34/h5-6,8-12,14,22,25,27H,2-4,7,13,15-16H2,1H3/t22-,25?/m0/s1. The molecule has 8 nitrogen and oxygen atoms in total. The number of nitrogens with zero attached hydrogens (tertiary/aromatic N) is 3. The molecule has 1 saturated heterocycles. The molecule has 2 aliphatic heterocycles. The van der Waals surface area contributed by atoms with E-state index < -0.39 is 17.0 Å². The molecule has 1 unspecified atom stereocenters. The van der Waals surface area contributed by atoms with Crippen LogP contribution in [0.25, 0.3) is 10.9 Å². The van der Waals surface area contributed by atoms with Crippen molar-refractivity contribution in [2.24, 2.45) is 0 Å². The first kappa shape index (κ1) is 22.1. The number of carbonyl (C=O) groups excluding carboxylic acids is 2. The van der Waals surface area contributed by atoms with Gasteiger partial charge in [0.2, 0.25) is 11.8 Å². The molecule has 8 heteroatoms. The zero-order valence-electron chi connectivity index (χ0n) is 19.2. The van der Waals surface area contributed by atoms with E-state index >= 15 is 0 Å². The largest absolute Gasteiger partial charge is 0.356 e. The minimum atomic E-state index is -0.622. The number of hydrogen-bond acceptors (Lipinski definition) is 4. The highest BCUT2D eigenvalue weighted by molar-refractivity contribution is 5.97. The van der Waals surface area contributed by atoms with Crippen molar-refractivity contribution in [3.8, 4) is 0 Å². The van der Waals surface area contributed by atoms with Crippen molar-refractivity contribution in [2.45, 2.75) is 51.1 Å². The lowest BCUT2D eigenvalue weighted by atomic mass is 9.86. The molecule has 0 radical (unpaired) electrons. The van der Waals surface area contributed by atoms with Gasteiger partial charge in [-0.25, -0.2) is 0 Å². The molecule has 176 valence electrons. The Balaban J connectivity index is 1.59. The lowest BCUT2D eigenvalue weighted by Gasteiger charge is -2.47. The smallest absolute Gasteiger partial charge is 0.269 e. The van der Waals surface area contributed by atoms with Crippen LogP contribution in [-0.2, 0) is 16.0 Å². The number of nitro benzene ring substituents is 1. The monoisotopic (exact) mass is 460 g/mol. The summed E-state index contributed by atoms with van der Waals surface area (Å²) in [5.41, 5.74) is 3.35. The number of non-ortho nitro benzene ring substituents is 1. The molecule has 0 aliphatic carbocycles. The van der Waals surface area contributed by atoms with E-state index in [0.717, 1.165) is 47.8 Å². The fraction of sp³-hybridized carbons (Fsp3) is 0.385. The molecule has 5 rings (SSSR count). The van der Waals surface area contributed by atoms with Crippen molar-refractivity contribution in [1.82, 2.24) is 14.8 Å². The molecule has 3 heterocycles. The van der Waals surface area contributed by atoms with Crippen LogP contribution < -0.4 is 0 Å². The minimum Gasteiger partial charge on any atom is -0.356 e. The predicted octanol–water partition coefficient (Wildman–Crippen LogP) is 4.34. The lowest BCUT2D eigenvalue weighted by molar-refractivity contribution is -0.384. The van der Waals surface area contributed by atoms with Gasteiger partial charge in [0.25, 0.3) is 5.69 Å². The molecule has 1 N–H and O–H groups in total. The first-order chi connectivity index (χ1) is 16.5. The maximum atomic E-state index is 13.6. The van der Waals surface area contributed by atoms with E-state index in [-0.39, 0.29) is 24.0 Å². The first-order valence-corrected chi connectivity index (χ1v) is 11.9. The summed E-state index contributed by atoms with van der Waals surface area (Å²) >= 11 is 0. The molecular formula is C26H28N4O4. The number of fused-ring (bicyclic) bond motifs is 4. The minimum absolute atomic E-state index is 0.0365. The SMILES string of the molecule is CCCCCCN1CC(=O)N2C(c3cccc([N+](=O)[O-])c3)c3[nH]c4ccccc4c3C[C@H]2C1=O. The van der Waals surface area contributed by atoms with Crippen LogP contribution in [0.1, 0.15) is 55.5 Å². The second kappa shape index (κ2) is 8.93. The maximum absolute atomic E-state index is 13.6. The highest BCUT2D eigenvalue weighted by atomic mass is 16.6. The number of aromatic nitrogens is 1. The number of hydrogen-bond donors (Lipinski definition) is 1. The third-order valence-electron chi connectivity index (χ3n) is 7.02. The van der Waals surface area contributed by atoms with Gasteiger partial charge in [-0.1, -0.05) is 56.5 Å². The van der Waals surface area contributed by atoms with E-state index in [2.05, 4.69) is 11.9 Å². The van der Waals surface area contributed by atoms with Gasteiger partial charge in [-0.05, 0) is 23.6 Å². The zero-order valence-corrected chi connectivity index (χ0v) is 19.2. The van der Waals surface area contributed by atoms with Crippen molar-refractivity contribution in [1.29, 1.82) is 0 Å². The lowest BCUT2D eigenvalue weighted by Crippen LogP contribution is -2.63. The van der Waals surface area contributed by atoms with Gasteiger partial charge in [-0.2, -0.15) is 0 Å². The summed E-state index contributed by atoms with van der Waals surface area (Å²) in [5, 5.41) is 12.5. The maximum Gasteiger partial charge on any atom is 0.269 e. The normalized spacial score (nSPS) is 19.9. The van der Waals surface area contributed by atoms with E-state index in [4.69, 9.17) is 0 Å². The van der Waals surface area contributed by atoms with Crippen LogP contribution in [0.4, 0.5) is 5.69 Å². The number of rotatable bonds is 7. The number of H-pyrrole nitrogens is 1. The predicted molar refractivity (Wildman–Crippen MR) is 128 cm³/mol. The number of piperazine rings is 1. The summed E-state index contributed by atoms with van der Waals surface area (Å²) in [5.74, 6) is -0.164. The van der Waals surface area contributed by atoms with Crippen molar-refractivity contribution in [2.75, 3.05) is 13.1 Å². The second-order valence-electron chi connectivity index (χ2n) is 9.16. The van der Waals surface area contributed by atoms with Crippen molar-refractivity contribution >= 4 is 28.4 Å². The van der Waals surface area contributed by atoms with E-state index in [1.54, 1.807) is 21.9 Å². The van der Waals surface area contributed by atoms with Crippen molar-refractivity contribution in [3.63, 3.8) is 0 Å². The summed E-state index contributed by atoms with van der Waals surface area (Å²) in [6.07, 6.45) is 4.56. The van der Waals surface area contributed by atoms with Crippen molar-refractivity contribution < 1.29 is 14.5 Å². The Morgan fingerprint density at radius 2 is 1.91 bits per heavy atom. The Morgan fingerprint density at radius 1 is 1.09 bits per heavy atom. The summed E-state index contributed by atoms with van der Waals surface area (Å²) in [6.45, 7) is 2.77. The number of nitro groups is 1. The molecule has 2 atom stereocenters. The van der Waals surface area contributed by atoms with Gasteiger partial charge in [0.1, 0.15) is 6.04 Å². The molecule has 0 saturated carbocycles. The van der Waals surface area contributed by atoms with E-state index in [0.29, 0.717) is 18.5 Å². The Kier molecular flexibility index (Phi) is 5.81. The van der Waals surface area contributed by atoms with Gasteiger partial charge in [-0.15, -0.1) is 0 Å². The zero-order chi connectivity index (χ0) is 23.8. The molecule has 1 aromatic heterocycles. The van der Waals surface area contributed by atoms with E-state index in [1.807, 2.05) is 24.3 Å². The number of unbranched alkanes of at least 4 members (excludes halogenated alkanes) is 3. The molecule has 2 aromatic carbocycles. The molecule has 3 aromatic rings. The van der Waals surface area contributed by atoms with Crippen LogP contribution in [0, 0.1) is 10.1 Å². The van der Waals surface area contributed by atoms with Crippen LogP contribution in [0.15, 0.2) is 48.5 Å².